The van der Waals surface area contributed by atoms with Crippen molar-refractivity contribution >= 4 is 0 Å². The Morgan fingerprint density at radius 2 is 1.75 bits per heavy atom. The first-order valence-electron chi connectivity index (χ1n) is 5.60. The van der Waals surface area contributed by atoms with Crippen molar-refractivity contribution < 1.29 is 9.47 Å². The summed E-state index contributed by atoms with van der Waals surface area (Å²) in [5, 5.41) is 8.40. The zero-order valence-corrected chi connectivity index (χ0v) is 9.61. The lowest BCUT2D eigenvalue weighted by Crippen LogP contribution is -2.01. The summed E-state index contributed by atoms with van der Waals surface area (Å²) in [7, 11) is 0. The second-order valence-corrected chi connectivity index (χ2v) is 3.41. The van der Waals surface area contributed by atoms with Gasteiger partial charge in [0.15, 0.2) is 11.5 Å². The van der Waals surface area contributed by atoms with Gasteiger partial charge in [0.25, 0.3) is 0 Å². The van der Waals surface area contributed by atoms with Gasteiger partial charge in [-0.1, -0.05) is 19.1 Å². The first-order chi connectivity index (χ1) is 7.88. The zero-order valence-electron chi connectivity index (χ0n) is 9.61. The fraction of sp³-hybridized carbons (Fsp3) is 0.462. The van der Waals surface area contributed by atoms with E-state index < -0.39 is 0 Å². The molecule has 1 rings (SSSR count). The largest absolute Gasteiger partial charge is 0.490 e. The molecule has 16 heavy (non-hydrogen) atoms. The topological polar surface area (TPSA) is 42.2 Å². The molecular weight excluding hydrogens is 202 g/mol. The van der Waals surface area contributed by atoms with Crippen LogP contribution in [0.5, 0.6) is 11.5 Å². The van der Waals surface area contributed by atoms with Gasteiger partial charge in [-0.3, -0.25) is 0 Å². The van der Waals surface area contributed by atoms with Gasteiger partial charge in [-0.25, -0.2) is 0 Å². The number of rotatable bonds is 7. The van der Waals surface area contributed by atoms with Crippen molar-refractivity contribution in [2.24, 2.45) is 0 Å². The van der Waals surface area contributed by atoms with Gasteiger partial charge in [-0.15, -0.1) is 0 Å². The first kappa shape index (κ1) is 12.4. The highest BCUT2D eigenvalue weighted by Gasteiger charge is 2.02. The summed E-state index contributed by atoms with van der Waals surface area (Å²) in [5.74, 6) is 1.54. The van der Waals surface area contributed by atoms with E-state index >= 15 is 0 Å². The highest BCUT2D eigenvalue weighted by Crippen LogP contribution is 2.26. The van der Waals surface area contributed by atoms with E-state index in [1.807, 2.05) is 24.3 Å². The third kappa shape index (κ3) is 4.22. The monoisotopic (exact) mass is 219 g/mol. The fourth-order valence-electron chi connectivity index (χ4n) is 1.23. The van der Waals surface area contributed by atoms with Crippen LogP contribution in [0.3, 0.4) is 0 Å². The van der Waals surface area contributed by atoms with E-state index in [-0.39, 0.29) is 0 Å². The van der Waals surface area contributed by atoms with Crippen molar-refractivity contribution in [3.05, 3.63) is 24.3 Å². The van der Waals surface area contributed by atoms with Gasteiger partial charge in [0, 0.05) is 6.42 Å². The van der Waals surface area contributed by atoms with Gasteiger partial charge in [0.05, 0.1) is 19.3 Å². The van der Waals surface area contributed by atoms with Gasteiger partial charge in [-0.2, -0.15) is 5.26 Å². The van der Waals surface area contributed by atoms with Crippen LogP contribution in [-0.4, -0.2) is 13.2 Å². The molecule has 0 unspecified atom stereocenters. The number of hydrogen-bond acceptors (Lipinski definition) is 3. The Morgan fingerprint density at radius 1 is 1.12 bits per heavy atom. The second kappa shape index (κ2) is 7.58. The summed E-state index contributed by atoms with van der Waals surface area (Å²) in [4.78, 5) is 0. The molecule has 0 saturated carbocycles. The third-order valence-electron chi connectivity index (χ3n) is 2.00. The van der Waals surface area contributed by atoms with Crippen LogP contribution < -0.4 is 9.47 Å². The Hall–Kier alpha value is -1.69. The van der Waals surface area contributed by atoms with Crippen LogP contribution in [0.15, 0.2) is 24.3 Å². The number of ether oxygens (including phenoxy) is 2. The third-order valence-corrected chi connectivity index (χ3v) is 2.00. The molecule has 3 heteroatoms. The van der Waals surface area contributed by atoms with Crippen molar-refractivity contribution in [2.45, 2.75) is 26.2 Å². The lowest BCUT2D eigenvalue weighted by Gasteiger charge is -2.11. The van der Waals surface area contributed by atoms with E-state index in [2.05, 4.69) is 13.0 Å². The van der Waals surface area contributed by atoms with Gasteiger partial charge in [0.1, 0.15) is 0 Å². The van der Waals surface area contributed by atoms with E-state index in [1.165, 1.54) is 0 Å². The fourth-order valence-corrected chi connectivity index (χ4v) is 1.23. The number of nitrogens with zero attached hydrogens (tertiary/aromatic N) is 1. The summed E-state index contributed by atoms with van der Waals surface area (Å²) in [5.41, 5.74) is 0. The zero-order chi connectivity index (χ0) is 11.6. The molecule has 0 aliphatic heterocycles. The molecule has 1 aromatic carbocycles. The lowest BCUT2D eigenvalue weighted by molar-refractivity contribution is 0.266. The van der Waals surface area contributed by atoms with Crippen molar-refractivity contribution in [1.29, 1.82) is 5.26 Å². The Bertz CT molecular complexity index is 344. The molecule has 0 N–H and O–H groups in total. The summed E-state index contributed by atoms with van der Waals surface area (Å²) in [6, 6.07) is 9.71. The number of benzene rings is 1. The minimum absolute atomic E-state index is 0.526. The van der Waals surface area contributed by atoms with Crippen LogP contribution in [0, 0.1) is 11.3 Å². The Kier molecular flexibility index (Phi) is 5.87. The average Bonchev–Trinajstić information content (AvgIpc) is 2.33. The Balaban J connectivity index is 2.47. The van der Waals surface area contributed by atoms with Crippen LogP contribution >= 0.6 is 0 Å². The molecule has 1 aromatic rings. The predicted molar refractivity (Wildman–Crippen MR) is 62.6 cm³/mol. The molecule has 0 bridgehead atoms. The molecule has 0 aliphatic carbocycles. The minimum atomic E-state index is 0.526. The Labute approximate surface area is 96.6 Å². The van der Waals surface area contributed by atoms with E-state index in [9.17, 15) is 0 Å². The molecule has 0 heterocycles. The van der Waals surface area contributed by atoms with Crippen molar-refractivity contribution in [3.63, 3.8) is 0 Å². The van der Waals surface area contributed by atoms with Gasteiger partial charge in [0.2, 0.25) is 0 Å². The minimum Gasteiger partial charge on any atom is -0.490 e. The molecule has 86 valence electrons. The highest BCUT2D eigenvalue weighted by molar-refractivity contribution is 5.39. The molecule has 0 radical (unpaired) electrons. The smallest absolute Gasteiger partial charge is 0.161 e. The lowest BCUT2D eigenvalue weighted by atomic mass is 10.3. The van der Waals surface area contributed by atoms with Crippen molar-refractivity contribution in [3.8, 4) is 17.6 Å². The molecular formula is C13H17NO2. The number of unbranched alkanes of at least 4 members (excludes halogenated alkanes) is 1. The van der Waals surface area contributed by atoms with Crippen LogP contribution in [0.4, 0.5) is 0 Å². The van der Waals surface area contributed by atoms with E-state index in [0.717, 1.165) is 24.3 Å². The van der Waals surface area contributed by atoms with E-state index in [1.54, 1.807) is 0 Å². The molecule has 0 spiro atoms. The normalized spacial score (nSPS) is 9.50. The Morgan fingerprint density at radius 3 is 2.31 bits per heavy atom. The molecule has 0 aromatic heterocycles. The van der Waals surface area contributed by atoms with Crippen LogP contribution in [-0.2, 0) is 0 Å². The van der Waals surface area contributed by atoms with Crippen LogP contribution in [0.2, 0.25) is 0 Å². The highest BCUT2D eigenvalue weighted by atomic mass is 16.5. The number of para-hydroxylation sites is 2. The summed E-state index contributed by atoms with van der Waals surface area (Å²) >= 11 is 0. The molecule has 3 nitrogen and oxygen atoms in total. The van der Waals surface area contributed by atoms with Gasteiger partial charge >= 0.3 is 0 Å². The van der Waals surface area contributed by atoms with E-state index in [0.29, 0.717) is 19.6 Å². The molecule has 0 atom stereocenters. The van der Waals surface area contributed by atoms with E-state index in [4.69, 9.17) is 14.7 Å². The standard InChI is InChI=1S/C13H17NO2/c1-2-10-15-12-7-3-4-8-13(12)16-11-6-5-9-14/h3-4,7-8H,2,5-6,10-11H2,1H3. The SMILES string of the molecule is CCCOc1ccccc1OCCCC#N. The van der Waals surface area contributed by atoms with Crippen LogP contribution in [0.1, 0.15) is 26.2 Å². The second-order valence-electron chi connectivity index (χ2n) is 3.41. The molecule has 0 amide bonds. The van der Waals surface area contributed by atoms with Gasteiger partial charge in [-0.05, 0) is 25.0 Å². The predicted octanol–water partition coefficient (Wildman–Crippen LogP) is 3.16. The quantitative estimate of drug-likeness (QED) is 0.661. The number of nitriles is 1. The average molecular weight is 219 g/mol. The van der Waals surface area contributed by atoms with Gasteiger partial charge < -0.3 is 9.47 Å². The first-order valence-corrected chi connectivity index (χ1v) is 5.60. The maximum atomic E-state index is 8.40. The molecule has 0 aliphatic rings. The summed E-state index contributed by atoms with van der Waals surface area (Å²) in [6.07, 6.45) is 2.25. The van der Waals surface area contributed by atoms with Crippen molar-refractivity contribution in [1.82, 2.24) is 0 Å². The molecule has 0 fully saturated rings. The summed E-state index contributed by atoms with van der Waals surface area (Å²) < 4.78 is 11.1. The van der Waals surface area contributed by atoms with Crippen molar-refractivity contribution in [2.75, 3.05) is 13.2 Å². The summed E-state index contributed by atoms with van der Waals surface area (Å²) in [6.45, 7) is 3.31. The maximum Gasteiger partial charge on any atom is 0.161 e. The van der Waals surface area contributed by atoms with Crippen LogP contribution in [0.25, 0.3) is 0 Å². The number of hydrogen-bond donors (Lipinski definition) is 0. The maximum absolute atomic E-state index is 8.40. The molecule has 0 saturated heterocycles.